The Hall–Kier alpha value is -1.21. The lowest BCUT2D eigenvalue weighted by atomic mass is 9.89. The van der Waals surface area contributed by atoms with Crippen molar-refractivity contribution in [3.05, 3.63) is 59.0 Å². The summed E-state index contributed by atoms with van der Waals surface area (Å²) in [6.45, 7) is 8.85. The van der Waals surface area contributed by atoms with Gasteiger partial charge in [-0.15, -0.1) is 11.6 Å². The van der Waals surface area contributed by atoms with Crippen LogP contribution in [0.15, 0.2) is 41.2 Å². The van der Waals surface area contributed by atoms with Crippen LogP contribution in [0.1, 0.15) is 67.2 Å². The Kier molecular flexibility index (Phi) is 4.36. The quantitative estimate of drug-likeness (QED) is 0.638. The first kappa shape index (κ1) is 14.2. The van der Waals surface area contributed by atoms with Crippen LogP contribution in [-0.2, 0) is 0 Å². The second kappa shape index (κ2) is 5.83. The molecule has 2 heteroatoms. The normalized spacial score (nSPS) is 13.2. The maximum absolute atomic E-state index is 6.59. The van der Waals surface area contributed by atoms with E-state index in [0.29, 0.717) is 11.8 Å². The van der Waals surface area contributed by atoms with E-state index >= 15 is 0 Å². The van der Waals surface area contributed by atoms with Crippen molar-refractivity contribution in [1.29, 1.82) is 0 Å². The Morgan fingerprint density at radius 3 is 2.16 bits per heavy atom. The van der Waals surface area contributed by atoms with Crippen molar-refractivity contribution in [3.8, 4) is 0 Å². The highest BCUT2D eigenvalue weighted by molar-refractivity contribution is 6.22. The standard InChI is InChI=1S/C17H21ClO/c1-11(2)13-5-6-15(16(9-13)12(3)4)17(18)14-7-8-19-10-14/h5-12,17H,1-4H3. The smallest absolute Gasteiger partial charge is 0.0952 e. The van der Waals surface area contributed by atoms with Crippen LogP contribution < -0.4 is 0 Å². The molecule has 0 saturated heterocycles. The molecule has 0 aliphatic rings. The van der Waals surface area contributed by atoms with Gasteiger partial charge in [0.25, 0.3) is 0 Å². The molecule has 1 nitrogen and oxygen atoms in total. The average Bonchev–Trinajstić information content (AvgIpc) is 2.90. The molecule has 1 aromatic heterocycles. The van der Waals surface area contributed by atoms with E-state index in [9.17, 15) is 0 Å². The number of hydrogen-bond donors (Lipinski definition) is 0. The summed E-state index contributed by atoms with van der Waals surface area (Å²) in [4.78, 5) is 0. The van der Waals surface area contributed by atoms with Gasteiger partial charge < -0.3 is 4.42 Å². The van der Waals surface area contributed by atoms with Crippen molar-refractivity contribution >= 4 is 11.6 Å². The predicted octanol–water partition coefficient (Wildman–Crippen LogP) is 5.85. The molecule has 2 rings (SSSR count). The lowest BCUT2D eigenvalue weighted by Gasteiger charge is -2.19. The molecule has 0 spiro atoms. The summed E-state index contributed by atoms with van der Waals surface area (Å²) in [6, 6.07) is 8.56. The molecule has 0 fully saturated rings. The van der Waals surface area contributed by atoms with Crippen LogP contribution in [-0.4, -0.2) is 0 Å². The molecule has 2 aromatic rings. The van der Waals surface area contributed by atoms with Crippen LogP contribution in [0.4, 0.5) is 0 Å². The maximum Gasteiger partial charge on any atom is 0.0952 e. The molecule has 102 valence electrons. The van der Waals surface area contributed by atoms with Crippen molar-refractivity contribution in [2.45, 2.75) is 44.9 Å². The van der Waals surface area contributed by atoms with Crippen molar-refractivity contribution < 1.29 is 4.42 Å². The van der Waals surface area contributed by atoms with Gasteiger partial charge in [-0.05, 0) is 34.6 Å². The van der Waals surface area contributed by atoms with E-state index in [0.717, 1.165) is 5.56 Å². The van der Waals surface area contributed by atoms with E-state index in [-0.39, 0.29) is 5.38 Å². The number of benzene rings is 1. The first-order valence-electron chi connectivity index (χ1n) is 6.80. The molecule has 0 N–H and O–H groups in total. The molecule has 1 atom stereocenters. The summed E-state index contributed by atoms with van der Waals surface area (Å²) in [7, 11) is 0. The Balaban J connectivity index is 2.45. The highest BCUT2D eigenvalue weighted by atomic mass is 35.5. The molecule has 1 aromatic carbocycles. The van der Waals surface area contributed by atoms with Gasteiger partial charge in [-0.3, -0.25) is 0 Å². The first-order chi connectivity index (χ1) is 9.00. The van der Waals surface area contributed by atoms with Gasteiger partial charge in [0, 0.05) is 5.56 Å². The largest absolute Gasteiger partial charge is 0.472 e. The van der Waals surface area contributed by atoms with Crippen LogP contribution in [0.25, 0.3) is 0 Å². The maximum atomic E-state index is 6.59. The summed E-state index contributed by atoms with van der Waals surface area (Å²) >= 11 is 6.59. The third-order valence-electron chi connectivity index (χ3n) is 3.51. The number of alkyl halides is 1. The Morgan fingerprint density at radius 1 is 0.895 bits per heavy atom. The third-order valence-corrected chi connectivity index (χ3v) is 4.00. The van der Waals surface area contributed by atoms with E-state index in [1.54, 1.807) is 12.5 Å². The van der Waals surface area contributed by atoms with Crippen LogP contribution in [0.5, 0.6) is 0 Å². The molecule has 0 amide bonds. The van der Waals surface area contributed by atoms with E-state index < -0.39 is 0 Å². The fourth-order valence-corrected chi connectivity index (χ4v) is 2.60. The summed E-state index contributed by atoms with van der Waals surface area (Å²) in [5.74, 6) is 0.996. The minimum atomic E-state index is -0.141. The highest BCUT2D eigenvalue weighted by Crippen LogP contribution is 2.35. The molecule has 0 radical (unpaired) electrons. The summed E-state index contributed by atoms with van der Waals surface area (Å²) in [5, 5.41) is -0.141. The van der Waals surface area contributed by atoms with Gasteiger partial charge in [0.2, 0.25) is 0 Å². The van der Waals surface area contributed by atoms with Crippen LogP contribution in [0.3, 0.4) is 0 Å². The van der Waals surface area contributed by atoms with Crippen LogP contribution in [0.2, 0.25) is 0 Å². The summed E-state index contributed by atoms with van der Waals surface area (Å²) < 4.78 is 5.13. The van der Waals surface area contributed by atoms with E-state index in [2.05, 4.69) is 45.9 Å². The fourth-order valence-electron chi connectivity index (χ4n) is 2.28. The number of halogens is 1. The minimum Gasteiger partial charge on any atom is -0.472 e. The van der Waals surface area contributed by atoms with Gasteiger partial charge in [-0.1, -0.05) is 45.9 Å². The molecule has 1 unspecified atom stereocenters. The zero-order valence-corrected chi connectivity index (χ0v) is 12.7. The predicted molar refractivity (Wildman–Crippen MR) is 81.0 cm³/mol. The lowest BCUT2D eigenvalue weighted by molar-refractivity contribution is 0.564. The Bertz CT molecular complexity index is 526. The second-order valence-corrected chi connectivity index (χ2v) is 6.05. The van der Waals surface area contributed by atoms with Crippen molar-refractivity contribution in [1.82, 2.24) is 0 Å². The van der Waals surface area contributed by atoms with Crippen molar-refractivity contribution in [2.24, 2.45) is 0 Å². The number of furan rings is 1. The van der Waals surface area contributed by atoms with E-state index in [4.69, 9.17) is 16.0 Å². The van der Waals surface area contributed by atoms with Gasteiger partial charge in [0.1, 0.15) is 0 Å². The Labute approximate surface area is 120 Å². The second-order valence-electron chi connectivity index (χ2n) is 5.62. The van der Waals surface area contributed by atoms with E-state index in [1.807, 2.05) is 6.07 Å². The molecule has 0 saturated carbocycles. The number of rotatable bonds is 4. The van der Waals surface area contributed by atoms with Gasteiger partial charge in [0.15, 0.2) is 0 Å². The molecule has 0 aliphatic heterocycles. The third kappa shape index (κ3) is 3.03. The van der Waals surface area contributed by atoms with Crippen molar-refractivity contribution in [3.63, 3.8) is 0 Å². The van der Waals surface area contributed by atoms with Crippen molar-refractivity contribution in [2.75, 3.05) is 0 Å². The zero-order chi connectivity index (χ0) is 14.0. The molecule has 0 bridgehead atoms. The SMILES string of the molecule is CC(C)c1ccc(C(Cl)c2ccoc2)c(C(C)C)c1. The zero-order valence-electron chi connectivity index (χ0n) is 12.0. The molecule has 1 heterocycles. The van der Waals surface area contributed by atoms with Gasteiger partial charge in [-0.25, -0.2) is 0 Å². The fraction of sp³-hybridized carbons (Fsp3) is 0.412. The van der Waals surface area contributed by atoms with E-state index in [1.165, 1.54) is 16.7 Å². The Morgan fingerprint density at radius 2 is 1.63 bits per heavy atom. The van der Waals surface area contributed by atoms with Gasteiger partial charge in [-0.2, -0.15) is 0 Å². The molecule has 0 aliphatic carbocycles. The lowest BCUT2D eigenvalue weighted by Crippen LogP contribution is -2.02. The van der Waals surface area contributed by atoms with Gasteiger partial charge in [0.05, 0.1) is 17.9 Å². The first-order valence-corrected chi connectivity index (χ1v) is 7.24. The minimum absolute atomic E-state index is 0.141. The average molecular weight is 277 g/mol. The molecular weight excluding hydrogens is 256 g/mol. The topological polar surface area (TPSA) is 13.1 Å². The molecule has 19 heavy (non-hydrogen) atoms. The van der Waals surface area contributed by atoms with Gasteiger partial charge >= 0.3 is 0 Å². The monoisotopic (exact) mass is 276 g/mol. The van der Waals surface area contributed by atoms with Crippen LogP contribution >= 0.6 is 11.6 Å². The number of hydrogen-bond acceptors (Lipinski definition) is 1. The summed E-state index contributed by atoms with van der Waals surface area (Å²) in [6.07, 6.45) is 3.39. The summed E-state index contributed by atoms with van der Waals surface area (Å²) in [5.41, 5.74) is 4.89. The highest BCUT2D eigenvalue weighted by Gasteiger charge is 2.18. The molecular formula is C17H21ClO. The van der Waals surface area contributed by atoms with Crippen LogP contribution in [0, 0.1) is 0 Å².